The van der Waals surface area contributed by atoms with Crippen molar-refractivity contribution in [3.8, 4) is 0 Å². The van der Waals surface area contributed by atoms with Crippen LogP contribution in [0.15, 0.2) is 30.3 Å². The van der Waals surface area contributed by atoms with Gasteiger partial charge in [-0.05, 0) is 70.3 Å². The van der Waals surface area contributed by atoms with E-state index in [1.54, 1.807) is 6.92 Å². The van der Waals surface area contributed by atoms with Crippen molar-refractivity contribution >= 4 is 58.7 Å². The number of aryl methyl sites for hydroxylation is 1. The molecule has 4 atom stereocenters. The molecule has 0 saturated heterocycles. The first-order valence-electron chi connectivity index (χ1n) is 25.4. The number of aliphatic carboxylic acids is 2. The molecule has 1 aromatic rings. The number of unbranched alkanes of at least 4 members (excludes halogenated alkanes) is 3. The van der Waals surface area contributed by atoms with Crippen molar-refractivity contribution in [1.82, 2.24) is 21.3 Å². The Labute approximate surface area is 424 Å². The number of Topliss-reactive ketones (excluding diaryl/α,β-unsaturated/α-hetero) is 4. The van der Waals surface area contributed by atoms with Gasteiger partial charge >= 0.3 is 11.9 Å². The van der Waals surface area contributed by atoms with Gasteiger partial charge in [0, 0.05) is 83.0 Å². The molecule has 20 nitrogen and oxygen atoms in total. The van der Waals surface area contributed by atoms with Gasteiger partial charge in [0.05, 0.1) is 39.0 Å². The third-order valence-corrected chi connectivity index (χ3v) is 11.7. The van der Waals surface area contributed by atoms with E-state index in [4.69, 9.17) is 18.9 Å². The number of benzene rings is 1. The van der Waals surface area contributed by atoms with Crippen LogP contribution in [0.4, 0.5) is 0 Å². The Morgan fingerprint density at radius 3 is 1.76 bits per heavy atom. The van der Waals surface area contributed by atoms with Crippen LogP contribution in [0, 0.1) is 17.8 Å². The van der Waals surface area contributed by atoms with Gasteiger partial charge in [-0.1, -0.05) is 57.0 Å². The van der Waals surface area contributed by atoms with Crippen LogP contribution < -0.4 is 21.3 Å². The number of rotatable bonds is 47. The molecule has 1 aromatic carbocycles. The number of ketones is 4. The number of carboxylic acid groups (broad SMARTS) is 2. The normalized spacial score (nSPS) is 12.7. The molecule has 1 rings (SSSR count). The van der Waals surface area contributed by atoms with Gasteiger partial charge in [-0.2, -0.15) is 0 Å². The predicted molar refractivity (Wildman–Crippen MR) is 266 cm³/mol. The Morgan fingerprint density at radius 2 is 1.10 bits per heavy atom. The topological polar surface area (TPSA) is 296 Å². The van der Waals surface area contributed by atoms with E-state index < -0.39 is 35.7 Å². The molecule has 0 aliphatic heterocycles. The number of ether oxygens (including phenoxy) is 4. The Bertz CT molecular complexity index is 1790. The molecule has 0 heterocycles. The van der Waals surface area contributed by atoms with Crippen LogP contribution in [0.25, 0.3) is 0 Å². The molecule has 406 valence electrons. The summed E-state index contributed by atoms with van der Waals surface area (Å²) in [6.07, 6.45) is 6.10. The Morgan fingerprint density at radius 1 is 0.500 bits per heavy atom. The van der Waals surface area contributed by atoms with Crippen LogP contribution in [0.2, 0.25) is 0 Å². The van der Waals surface area contributed by atoms with E-state index in [0.717, 1.165) is 24.8 Å². The van der Waals surface area contributed by atoms with E-state index in [1.807, 2.05) is 37.3 Å². The van der Waals surface area contributed by atoms with Crippen LogP contribution >= 0.6 is 0 Å². The lowest BCUT2D eigenvalue weighted by Crippen LogP contribution is -2.41. The summed E-state index contributed by atoms with van der Waals surface area (Å²) in [4.78, 5) is 120. The molecule has 0 saturated carbocycles. The first-order chi connectivity index (χ1) is 34.5. The minimum atomic E-state index is -1.27. The van der Waals surface area contributed by atoms with Crippen LogP contribution in [-0.2, 0) is 73.3 Å². The van der Waals surface area contributed by atoms with Crippen molar-refractivity contribution in [2.45, 2.75) is 142 Å². The first-order valence-corrected chi connectivity index (χ1v) is 25.4. The quantitative estimate of drug-likeness (QED) is 0.0501. The number of hydrogen-bond acceptors (Lipinski definition) is 14. The molecule has 0 radical (unpaired) electrons. The van der Waals surface area contributed by atoms with E-state index in [9.17, 15) is 58.2 Å². The van der Waals surface area contributed by atoms with Gasteiger partial charge < -0.3 is 50.4 Å². The van der Waals surface area contributed by atoms with Gasteiger partial charge in [0.1, 0.15) is 36.6 Å². The average molecular weight is 1020 g/mol. The molecule has 72 heavy (non-hydrogen) atoms. The number of carboxylic acids is 2. The number of nitrogens with one attached hydrogen (secondary N) is 4. The lowest BCUT2D eigenvalue weighted by molar-refractivity contribution is -0.144. The maximum absolute atomic E-state index is 12.4. The monoisotopic (exact) mass is 1020 g/mol. The summed E-state index contributed by atoms with van der Waals surface area (Å²) >= 11 is 0. The maximum Gasteiger partial charge on any atom is 0.326 e. The lowest BCUT2D eigenvalue weighted by atomic mass is 9.91. The number of carbonyl (C=O) groups is 10. The molecule has 4 amide bonds. The minimum Gasteiger partial charge on any atom is -0.481 e. The Balaban J connectivity index is 2.01. The highest BCUT2D eigenvalue weighted by atomic mass is 16.5. The van der Waals surface area contributed by atoms with Crippen LogP contribution in [0.5, 0.6) is 0 Å². The van der Waals surface area contributed by atoms with Crippen LogP contribution in [0.1, 0.15) is 135 Å². The Kier molecular flexibility index (Phi) is 36.8. The number of amides is 4. The molecule has 0 fully saturated rings. The summed E-state index contributed by atoms with van der Waals surface area (Å²) in [5.41, 5.74) is 1.11. The second kappa shape index (κ2) is 41.1. The third-order valence-electron chi connectivity index (χ3n) is 11.7. The molecule has 0 unspecified atom stereocenters. The standard InChI is InChI=1S/C52H82N4O16/c1-38(46(60)34-39(2)40(3)57)14-9-11-26-54-50(64)37-72-33-30-69-28-13-19-44(59)36-71-32-31-70-29-27-55-48(62)24-22-45(52(67)68)56-49(63)20-8-5-10-25-53-47(61)23-21-42(51(65)66)35-43(58)18-12-17-41-15-6-4-7-16-41/h4,6-7,15-16,38-39,42,45H,5,8-14,17-37H2,1-3H3,(H,53,61)(H,54,64)(H,55,62)(H,56,63)(H,65,66)(H,67,68)/t38-,39+,42+,45-/m0/s1. The second-order valence-electron chi connectivity index (χ2n) is 18.1. The lowest BCUT2D eigenvalue weighted by Gasteiger charge is -2.14. The molecule has 0 aromatic heterocycles. The zero-order chi connectivity index (χ0) is 53.4. The number of hydrogen-bond donors (Lipinski definition) is 6. The van der Waals surface area contributed by atoms with Crippen molar-refractivity contribution in [2.24, 2.45) is 17.8 Å². The molecule has 0 aliphatic rings. The van der Waals surface area contributed by atoms with E-state index in [0.29, 0.717) is 58.2 Å². The minimum absolute atomic E-state index is 0.0121. The van der Waals surface area contributed by atoms with Crippen molar-refractivity contribution in [2.75, 3.05) is 72.5 Å². The Hall–Kier alpha value is -5.44. The van der Waals surface area contributed by atoms with Crippen molar-refractivity contribution in [3.63, 3.8) is 0 Å². The summed E-state index contributed by atoms with van der Waals surface area (Å²) in [7, 11) is 0. The van der Waals surface area contributed by atoms with E-state index >= 15 is 0 Å². The number of carbonyl (C=O) groups excluding carboxylic acids is 8. The third kappa shape index (κ3) is 35.6. The maximum atomic E-state index is 12.4. The van der Waals surface area contributed by atoms with E-state index in [1.165, 1.54) is 6.92 Å². The highest BCUT2D eigenvalue weighted by molar-refractivity contribution is 5.88. The fourth-order valence-corrected chi connectivity index (χ4v) is 7.08. The summed E-state index contributed by atoms with van der Waals surface area (Å²) in [5, 5.41) is 29.7. The first kappa shape index (κ1) is 64.6. The zero-order valence-electron chi connectivity index (χ0n) is 42.8. The smallest absolute Gasteiger partial charge is 0.326 e. The second-order valence-corrected chi connectivity index (χ2v) is 18.1. The molecule has 0 spiro atoms. The van der Waals surface area contributed by atoms with Gasteiger partial charge in [-0.3, -0.25) is 43.2 Å². The van der Waals surface area contributed by atoms with Crippen LogP contribution in [0.3, 0.4) is 0 Å². The van der Waals surface area contributed by atoms with Gasteiger partial charge in [-0.25, -0.2) is 4.79 Å². The molecule has 6 N–H and O–H groups in total. The van der Waals surface area contributed by atoms with Gasteiger partial charge in [0.15, 0.2) is 5.78 Å². The van der Waals surface area contributed by atoms with Gasteiger partial charge in [-0.15, -0.1) is 0 Å². The summed E-state index contributed by atoms with van der Waals surface area (Å²) in [6.45, 7) is 7.24. The average Bonchev–Trinajstić information content (AvgIpc) is 3.34. The van der Waals surface area contributed by atoms with E-state index in [2.05, 4.69) is 21.3 Å². The van der Waals surface area contributed by atoms with E-state index in [-0.39, 0.29) is 157 Å². The summed E-state index contributed by atoms with van der Waals surface area (Å²) < 4.78 is 21.5. The fourth-order valence-electron chi connectivity index (χ4n) is 7.08. The van der Waals surface area contributed by atoms with Crippen molar-refractivity contribution in [3.05, 3.63) is 35.9 Å². The molecule has 0 bridgehead atoms. The molecule has 0 aliphatic carbocycles. The fraction of sp³-hybridized carbons (Fsp3) is 0.692. The highest BCUT2D eigenvalue weighted by Crippen LogP contribution is 2.17. The van der Waals surface area contributed by atoms with Gasteiger partial charge in [0.2, 0.25) is 23.6 Å². The predicted octanol–water partition coefficient (Wildman–Crippen LogP) is 4.11. The largest absolute Gasteiger partial charge is 0.481 e. The highest BCUT2D eigenvalue weighted by Gasteiger charge is 2.23. The molecular weight excluding hydrogens is 937 g/mol. The van der Waals surface area contributed by atoms with Gasteiger partial charge in [0.25, 0.3) is 0 Å². The summed E-state index contributed by atoms with van der Waals surface area (Å²) in [6, 6.07) is 8.45. The molecule has 20 heteroatoms. The summed E-state index contributed by atoms with van der Waals surface area (Å²) in [5.74, 6) is -5.30. The zero-order valence-corrected chi connectivity index (χ0v) is 42.8. The SMILES string of the molecule is CC(=O)[C@H](C)CC(=O)[C@@H](C)CCCCNC(=O)COCCOCCCC(=O)COCCOCCNC(=O)CC[C@H](NC(=O)CCCCCNC(=O)CC[C@H](CC(=O)CCCc1ccccc1)C(=O)O)C(=O)O. The molecular formula is C52H82N4O16. The van der Waals surface area contributed by atoms with Crippen LogP contribution in [-0.4, -0.2) is 147 Å². The van der Waals surface area contributed by atoms with Crippen molar-refractivity contribution < 1.29 is 77.1 Å². The van der Waals surface area contributed by atoms with Crippen molar-refractivity contribution in [1.29, 1.82) is 0 Å².